The molecule has 0 amide bonds. The fourth-order valence-electron chi connectivity index (χ4n) is 1.24. The zero-order valence-electron chi connectivity index (χ0n) is 7.70. The lowest BCUT2D eigenvalue weighted by Gasteiger charge is -2.10. The SMILES string of the molecule is CC(c1cccnc1)n1nnnc1N. The van der Waals surface area contributed by atoms with Crippen LogP contribution in [0.4, 0.5) is 5.95 Å². The molecule has 6 heteroatoms. The summed E-state index contributed by atoms with van der Waals surface area (Å²) in [4.78, 5) is 4.02. The molecule has 1 atom stereocenters. The number of pyridine rings is 1. The molecule has 0 spiro atoms. The average molecular weight is 190 g/mol. The van der Waals surface area contributed by atoms with Crippen molar-refractivity contribution in [2.24, 2.45) is 0 Å². The summed E-state index contributed by atoms with van der Waals surface area (Å²) in [6.07, 6.45) is 3.49. The van der Waals surface area contributed by atoms with Crippen LogP contribution < -0.4 is 5.73 Å². The van der Waals surface area contributed by atoms with Gasteiger partial charge < -0.3 is 5.73 Å². The van der Waals surface area contributed by atoms with Gasteiger partial charge in [-0.1, -0.05) is 11.2 Å². The van der Waals surface area contributed by atoms with E-state index in [4.69, 9.17) is 5.73 Å². The molecule has 0 bridgehead atoms. The first-order chi connectivity index (χ1) is 6.79. The number of hydrogen-bond donors (Lipinski definition) is 1. The number of nitrogen functional groups attached to an aromatic ring is 1. The van der Waals surface area contributed by atoms with Crippen LogP contribution in [0, 0.1) is 0 Å². The van der Waals surface area contributed by atoms with Gasteiger partial charge in [-0.15, -0.1) is 0 Å². The van der Waals surface area contributed by atoms with Gasteiger partial charge in [0, 0.05) is 12.4 Å². The minimum absolute atomic E-state index is 0.00120. The van der Waals surface area contributed by atoms with E-state index >= 15 is 0 Å². The molecule has 6 nitrogen and oxygen atoms in total. The zero-order valence-corrected chi connectivity index (χ0v) is 7.70. The Hall–Kier alpha value is -1.98. The van der Waals surface area contributed by atoms with E-state index in [9.17, 15) is 0 Å². The first-order valence-corrected chi connectivity index (χ1v) is 4.22. The molecule has 0 radical (unpaired) electrons. The van der Waals surface area contributed by atoms with Crippen LogP contribution in [0.25, 0.3) is 0 Å². The molecule has 1 unspecified atom stereocenters. The maximum absolute atomic E-state index is 5.59. The molecule has 0 fully saturated rings. The molecule has 2 heterocycles. The lowest BCUT2D eigenvalue weighted by atomic mass is 10.1. The topological polar surface area (TPSA) is 82.5 Å². The van der Waals surface area contributed by atoms with Crippen molar-refractivity contribution in [2.75, 3.05) is 5.73 Å². The highest BCUT2D eigenvalue weighted by Gasteiger charge is 2.11. The monoisotopic (exact) mass is 190 g/mol. The maximum atomic E-state index is 5.59. The Bertz CT molecular complexity index is 409. The molecule has 2 N–H and O–H groups in total. The van der Waals surface area contributed by atoms with Crippen LogP contribution >= 0.6 is 0 Å². The predicted octanol–water partition coefficient (Wildman–Crippen LogP) is 0.260. The molecule has 0 aliphatic heterocycles. The quantitative estimate of drug-likeness (QED) is 0.734. The molecule has 72 valence electrons. The van der Waals surface area contributed by atoms with Gasteiger partial charge in [0.25, 0.3) is 0 Å². The molecule has 0 aliphatic carbocycles. The lowest BCUT2D eigenvalue weighted by molar-refractivity contribution is 0.548. The third-order valence-electron chi connectivity index (χ3n) is 2.05. The summed E-state index contributed by atoms with van der Waals surface area (Å²) in [5, 5.41) is 10.9. The van der Waals surface area contributed by atoms with E-state index in [1.165, 1.54) is 0 Å². The van der Waals surface area contributed by atoms with Crippen molar-refractivity contribution in [3.63, 3.8) is 0 Å². The second kappa shape index (κ2) is 3.41. The minimum Gasteiger partial charge on any atom is -0.367 e. The molecule has 0 saturated carbocycles. The van der Waals surface area contributed by atoms with Crippen LogP contribution in [0.15, 0.2) is 24.5 Å². The summed E-state index contributed by atoms with van der Waals surface area (Å²) < 4.78 is 1.55. The van der Waals surface area contributed by atoms with E-state index in [1.807, 2.05) is 19.1 Å². The van der Waals surface area contributed by atoms with Gasteiger partial charge in [0.1, 0.15) is 0 Å². The fraction of sp³-hybridized carbons (Fsp3) is 0.250. The van der Waals surface area contributed by atoms with Gasteiger partial charge in [0.15, 0.2) is 0 Å². The van der Waals surface area contributed by atoms with Crippen molar-refractivity contribution in [3.05, 3.63) is 30.1 Å². The van der Waals surface area contributed by atoms with Crippen molar-refractivity contribution in [2.45, 2.75) is 13.0 Å². The van der Waals surface area contributed by atoms with Gasteiger partial charge in [-0.05, 0) is 29.0 Å². The van der Waals surface area contributed by atoms with Crippen molar-refractivity contribution in [1.29, 1.82) is 0 Å². The molecular formula is C8H10N6. The van der Waals surface area contributed by atoms with Crippen LogP contribution in [-0.2, 0) is 0 Å². The molecule has 2 rings (SSSR count). The van der Waals surface area contributed by atoms with E-state index < -0.39 is 0 Å². The molecule has 0 aliphatic rings. The van der Waals surface area contributed by atoms with Gasteiger partial charge in [-0.25, -0.2) is 4.68 Å². The van der Waals surface area contributed by atoms with Gasteiger partial charge in [0.2, 0.25) is 5.95 Å². The van der Waals surface area contributed by atoms with E-state index in [0.29, 0.717) is 5.95 Å². The van der Waals surface area contributed by atoms with E-state index in [1.54, 1.807) is 17.1 Å². The summed E-state index contributed by atoms with van der Waals surface area (Å²) in [7, 11) is 0. The first kappa shape index (κ1) is 8.61. The fourth-order valence-corrected chi connectivity index (χ4v) is 1.24. The Morgan fingerprint density at radius 1 is 1.50 bits per heavy atom. The van der Waals surface area contributed by atoms with Crippen molar-refractivity contribution in [1.82, 2.24) is 25.2 Å². The average Bonchev–Trinajstić information content (AvgIpc) is 2.65. The normalized spacial score (nSPS) is 12.6. The van der Waals surface area contributed by atoms with Crippen molar-refractivity contribution >= 4 is 5.95 Å². The van der Waals surface area contributed by atoms with Gasteiger partial charge >= 0.3 is 0 Å². The van der Waals surface area contributed by atoms with Gasteiger partial charge in [-0.2, -0.15) is 0 Å². The Balaban J connectivity index is 2.34. The molecule has 0 saturated heterocycles. The summed E-state index contributed by atoms with van der Waals surface area (Å²) in [6.45, 7) is 1.96. The third kappa shape index (κ3) is 1.41. The second-order valence-electron chi connectivity index (χ2n) is 2.94. The second-order valence-corrected chi connectivity index (χ2v) is 2.94. The Morgan fingerprint density at radius 3 is 2.93 bits per heavy atom. The number of nitrogens with zero attached hydrogens (tertiary/aromatic N) is 5. The highest BCUT2D eigenvalue weighted by Crippen LogP contribution is 2.16. The Labute approximate surface area is 80.8 Å². The van der Waals surface area contributed by atoms with E-state index in [2.05, 4.69) is 20.5 Å². The maximum Gasteiger partial charge on any atom is 0.240 e. The molecular weight excluding hydrogens is 180 g/mol. The lowest BCUT2D eigenvalue weighted by Crippen LogP contribution is -2.12. The molecule has 14 heavy (non-hydrogen) atoms. The summed E-state index contributed by atoms with van der Waals surface area (Å²) in [5.41, 5.74) is 6.61. The van der Waals surface area contributed by atoms with Crippen LogP contribution in [0.3, 0.4) is 0 Å². The molecule has 2 aromatic rings. The summed E-state index contributed by atoms with van der Waals surface area (Å²) >= 11 is 0. The summed E-state index contributed by atoms with van der Waals surface area (Å²) in [5.74, 6) is 0.307. The van der Waals surface area contributed by atoms with E-state index in [-0.39, 0.29) is 6.04 Å². The number of aromatic nitrogens is 5. The van der Waals surface area contributed by atoms with Gasteiger partial charge in [-0.3, -0.25) is 4.98 Å². The van der Waals surface area contributed by atoms with Crippen LogP contribution in [-0.4, -0.2) is 25.2 Å². The van der Waals surface area contributed by atoms with E-state index in [0.717, 1.165) is 5.56 Å². The highest BCUT2D eigenvalue weighted by atomic mass is 15.6. The molecule has 2 aromatic heterocycles. The minimum atomic E-state index is -0.00120. The number of anilines is 1. The first-order valence-electron chi connectivity index (χ1n) is 4.22. The zero-order chi connectivity index (χ0) is 9.97. The largest absolute Gasteiger partial charge is 0.367 e. The van der Waals surface area contributed by atoms with Crippen molar-refractivity contribution in [3.8, 4) is 0 Å². The highest BCUT2D eigenvalue weighted by molar-refractivity contribution is 5.19. The smallest absolute Gasteiger partial charge is 0.240 e. The molecule has 0 aromatic carbocycles. The van der Waals surface area contributed by atoms with Crippen LogP contribution in [0.5, 0.6) is 0 Å². The van der Waals surface area contributed by atoms with Crippen molar-refractivity contribution < 1.29 is 0 Å². The number of rotatable bonds is 2. The number of tetrazole rings is 1. The Morgan fingerprint density at radius 2 is 2.36 bits per heavy atom. The summed E-state index contributed by atoms with van der Waals surface area (Å²) in [6, 6.07) is 3.82. The standard InChI is InChI=1S/C8H10N6/c1-6(7-3-2-4-10-5-7)14-8(9)11-12-13-14/h2-6H,1H3,(H2,9,11,13). The van der Waals surface area contributed by atoms with Crippen LogP contribution in [0.1, 0.15) is 18.5 Å². The number of hydrogen-bond acceptors (Lipinski definition) is 5. The number of nitrogens with two attached hydrogens (primary N) is 1. The van der Waals surface area contributed by atoms with Crippen LogP contribution in [0.2, 0.25) is 0 Å². The Kier molecular flexibility index (Phi) is 2.10. The third-order valence-corrected chi connectivity index (χ3v) is 2.05. The predicted molar refractivity (Wildman–Crippen MR) is 50.3 cm³/mol. The van der Waals surface area contributed by atoms with Gasteiger partial charge in [0.05, 0.1) is 6.04 Å².